The van der Waals surface area contributed by atoms with Gasteiger partial charge in [0.15, 0.2) is 5.96 Å². The van der Waals surface area contributed by atoms with E-state index in [-0.39, 0.29) is 0 Å². The van der Waals surface area contributed by atoms with Crippen molar-refractivity contribution in [2.45, 2.75) is 41.0 Å². The predicted octanol–water partition coefficient (Wildman–Crippen LogP) is 1.86. The van der Waals surface area contributed by atoms with Gasteiger partial charge >= 0.3 is 0 Å². The van der Waals surface area contributed by atoms with Crippen LogP contribution in [0.25, 0.3) is 0 Å². The third kappa shape index (κ3) is 9.16. The van der Waals surface area contributed by atoms with Crippen LogP contribution in [0.2, 0.25) is 0 Å². The highest BCUT2D eigenvalue weighted by atomic mass is 15.3. The van der Waals surface area contributed by atoms with Gasteiger partial charge < -0.3 is 20.4 Å². The first-order chi connectivity index (χ1) is 11.0. The molecule has 136 valence electrons. The fourth-order valence-corrected chi connectivity index (χ4v) is 2.85. The van der Waals surface area contributed by atoms with Crippen LogP contribution in [0.5, 0.6) is 0 Å². The molecule has 1 aliphatic heterocycles. The number of hydrogen-bond acceptors (Lipinski definition) is 3. The van der Waals surface area contributed by atoms with Gasteiger partial charge in [-0.05, 0) is 31.7 Å². The second-order valence-corrected chi connectivity index (χ2v) is 7.17. The molecule has 1 aliphatic rings. The van der Waals surface area contributed by atoms with Crippen LogP contribution in [0.4, 0.5) is 0 Å². The first-order valence-corrected chi connectivity index (χ1v) is 9.52. The smallest absolute Gasteiger partial charge is 0.191 e. The molecule has 0 aromatic carbocycles. The summed E-state index contributed by atoms with van der Waals surface area (Å²) in [6.45, 7) is 21.2. The zero-order valence-electron chi connectivity index (χ0n) is 16.1. The molecule has 0 spiro atoms. The van der Waals surface area contributed by atoms with Crippen molar-refractivity contribution in [1.82, 2.24) is 20.4 Å². The Labute approximate surface area is 143 Å². The second-order valence-electron chi connectivity index (χ2n) is 7.17. The number of nitrogens with zero attached hydrogens (tertiary/aromatic N) is 3. The standard InChI is InChI=1S/C18H39N5/c1-6-19-18(20-9-8-16(3)4)21-14-17(5)15-23-12-10-22(7-2)11-13-23/h16-17H,6-15H2,1-5H3,(H2,19,20,21). The van der Waals surface area contributed by atoms with Crippen molar-refractivity contribution in [2.75, 3.05) is 58.9 Å². The SMILES string of the molecule is CCNC(=NCC(C)CN1CCN(CC)CC1)NCCC(C)C. The molecule has 1 saturated heterocycles. The second kappa shape index (κ2) is 11.7. The molecule has 1 heterocycles. The molecule has 0 bridgehead atoms. The van der Waals surface area contributed by atoms with Gasteiger partial charge in [-0.1, -0.05) is 27.7 Å². The highest BCUT2D eigenvalue weighted by Crippen LogP contribution is 2.06. The molecular formula is C18H39N5. The normalized spacial score (nSPS) is 19.1. The summed E-state index contributed by atoms with van der Waals surface area (Å²) < 4.78 is 0. The van der Waals surface area contributed by atoms with Gasteiger partial charge in [-0.3, -0.25) is 4.99 Å². The quantitative estimate of drug-likeness (QED) is 0.502. The van der Waals surface area contributed by atoms with Crippen LogP contribution >= 0.6 is 0 Å². The van der Waals surface area contributed by atoms with E-state index in [1.807, 2.05) is 0 Å². The molecule has 2 N–H and O–H groups in total. The number of guanidine groups is 1. The van der Waals surface area contributed by atoms with Crippen LogP contribution in [0.1, 0.15) is 41.0 Å². The van der Waals surface area contributed by atoms with Gasteiger partial charge in [0.1, 0.15) is 0 Å². The highest BCUT2D eigenvalue weighted by Gasteiger charge is 2.17. The summed E-state index contributed by atoms with van der Waals surface area (Å²) in [6.07, 6.45) is 1.18. The summed E-state index contributed by atoms with van der Waals surface area (Å²) in [5, 5.41) is 6.79. The fraction of sp³-hybridized carbons (Fsp3) is 0.944. The largest absolute Gasteiger partial charge is 0.357 e. The molecule has 0 aromatic heterocycles. The van der Waals surface area contributed by atoms with Crippen LogP contribution in [0.3, 0.4) is 0 Å². The predicted molar refractivity (Wildman–Crippen MR) is 101 cm³/mol. The number of nitrogens with one attached hydrogen (secondary N) is 2. The topological polar surface area (TPSA) is 42.9 Å². The van der Waals surface area contributed by atoms with Gasteiger partial charge in [-0.15, -0.1) is 0 Å². The van der Waals surface area contributed by atoms with E-state index in [0.717, 1.165) is 38.1 Å². The van der Waals surface area contributed by atoms with Crippen molar-refractivity contribution in [2.24, 2.45) is 16.8 Å². The third-order valence-electron chi connectivity index (χ3n) is 4.40. The maximum absolute atomic E-state index is 4.76. The zero-order chi connectivity index (χ0) is 17.1. The number of piperazine rings is 1. The lowest BCUT2D eigenvalue weighted by Gasteiger charge is -2.35. The Balaban J connectivity index is 2.30. The molecule has 1 fully saturated rings. The number of rotatable bonds is 9. The first-order valence-electron chi connectivity index (χ1n) is 9.52. The lowest BCUT2D eigenvalue weighted by atomic mass is 10.1. The van der Waals surface area contributed by atoms with E-state index in [0.29, 0.717) is 5.92 Å². The summed E-state index contributed by atoms with van der Waals surface area (Å²) in [4.78, 5) is 9.88. The molecule has 0 saturated carbocycles. The van der Waals surface area contributed by atoms with Crippen molar-refractivity contribution in [3.63, 3.8) is 0 Å². The molecule has 5 nitrogen and oxygen atoms in total. The average Bonchev–Trinajstić information content (AvgIpc) is 2.53. The molecule has 5 heteroatoms. The lowest BCUT2D eigenvalue weighted by molar-refractivity contribution is 0.125. The Morgan fingerprint density at radius 3 is 2.22 bits per heavy atom. The summed E-state index contributed by atoms with van der Waals surface area (Å²) in [5.74, 6) is 2.30. The monoisotopic (exact) mass is 325 g/mol. The number of hydrogen-bond donors (Lipinski definition) is 2. The Hall–Kier alpha value is -0.810. The molecule has 0 amide bonds. The summed E-state index contributed by atoms with van der Waals surface area (Å²) in [6, 6.07) is 0. The van der Waals surface area contributed by atoms with Gasteiger partial charge in [-0.25, -0.2) is 0 Å². The maximum Gasteiger partial charge on any atom is 0.191 e. The minimum atomic E-state index is 0.601. The first kappa shape index (κ1) is 20.2. The molecule has 1 unspecified atom stereocenters. The molecule has 0 aromatic rings. The summed E-state index contributed by atoms with van der Waals surface area (Å²) >= 11 is 0. The maximum atomic E-state index is 4.76. The van der Waals surface area contributed by atoms with Gasteiger partial charge in [0.25, 0.3) is 0 Å². The molecule has 23 heavy (non-hydrogen) atoms. The van der Waals surface area contributed by atoms with E-state index in [1.165, 1.54) is 39.1 Å². The Morgan fingerprint density at radius 1 is 1.00 bits per heavy atom. The van der Waals surface area contributed by atoms with E-state index in [1.54, 1.807) is 0 Å². The molecule has 0 aliphatic carbocycles. The van der Waals surface area contributed by atoms with Crippen molar-refractivity contribution in [1.29, 1.82) is 0 Å². The van der Waals surface area contributed by atoms with Crippen LogP contribution in [-0.2, 0) is 0 Å². The van der Waals surface area contributed by atoms with Crippen LogP contribution < -0.4 is 10.6 Å². The molecule has 1 rings (SSSR count). The van der Waals surface area contributed by atoms with Crippen LogP contribution in [0.15, 0.2) is 4.99 Å². The Bertz CT molecular complexity index is 321. The van der Waals surface area contributed by atoms with Crippen LogP contribution in [-0.4, -0.2) is 74.7 Å². The Morgan fingerprint density at radius 2 is 1.65 bits per heavy atom. The van der Waals surface area contributed by atoms with Crippen molar-refractivity contribution < 1.29 is 0 Å². The molecule has 0 radical (unpaired) electrons. The number of aliphatic imine (C=N–C) groups is 1. The van der Waals surface area contributed by atoms with E-state index < -0.39 is 0 Å². The number of likely N-dealkylation sites (N-methyl/N-ethyl adjacent to an activating group) is 1. The zero-order valence-corrected chi connectivity index (χ0v) is 16.1. The van der Waals surface area contributed by atoms with E-state index >= 15 is 0 Å². The Kier molecular flexibility index (Phi) is 10.3. The molecule has 1 atom stereocenters. The van der Waals surface area contributed by atoms with Gasteiger partial charge in [0, 0.05) is 52.4 Å². The van der Waals surface area contributed by atoms with E-state index in [4.69, 9.17) is 4.99 Å². The summed E-state index contributed by atoms with van der Waals surface area (Å²) in [5.41, 5.74) is 0. The van der Waals surface area contributed by atoms with Crippen LogP contribution in [0, 0.1) is 11.8 Å². The van der Waals surface area contributed by atoms with Crippen molar-refractivity contribution in [3.8, 4) is 0 Å². The minimum Gasteiger partial charge on any atom is -0.357 e. The molecular weight excluding hydrogens is 286 g/mol. The van der Waals surface area contributed by atoms with Gasteiger partial charge in [0.2, 0.25) is 0 Å². The van der Waals surface area contributed by atoms with E-state index in [9.17, 15) is 0 Å². The average molecular weight is 326 g/mol. The van der Waals surface area contributed by atoms with Gasteiger partial charge in [0.05, 0.1) is 0 Å². The summed E-state index contributed by atoms with van der Waals surface area (Å²) in [7, 11) is 0. The van der Waals surface area contributed by atoms with Crippen molar-refractivity contribution in [3.05, 3.63) is 0 Å². The fourth-order valence-electron chi connectivity index (χ4n) is 2.85. The van der Waals surface area contributed by atoms with Crippen molar-refractivity contribution >= 4 is 5.96 Å². The third-order valence-corrected chi connectivity index (χ3v) is 4.40. The minimum absolute atomic E-state index is 0.601. The lowest BCUT2D eigenvalue weighted by Crippen LogP contribution is -2.47. The van der Waals surface area contributed by atoms with E-state index in [2.05, 4.69) is 55.1 Å². The highest BCUT2D eigenvalue weighted by molar-refractivity contribution is 5.79. The van der Waals surface area contributed by atoms with Gasteiger partial charge in [-0.2, -0.15) is 0 Å².